The Labute approximate surface area is 319 Å². The maximum Gasteiger partial charge on any atom is 0.164 e. The Morgan fingerprint density at radius 1 is 0.436 bits per heavy atom. The second kappa shape index (κ2) is 14.0. The fourth-order valence-corrected chi connectivity index (χ4v) is 7.61. The Balaban J connectivity index is 1.03. The van der Waals surface area contributed by atoms with Gasteiger partial charge in [0.1, 0.15) is 11.2 Å². The van der Waals surface area contributed by atoms with Gasteiger partial charge in [0.05, 0.1) is 0 Å². The van der Waals surface area contributed by atoms with Gasteiger partial charge in [-0.25, -0.2) is 15.0 Å². The van der Waals surface area contributed by atoms with Crippen LogP contribution in [0.1, 0.15) is 23.5 Å². The van der Waals surface area contributed by atoms with Crippen LogP contribution in [0.5, 0.6) is 0 Å². The topological polar surface area (TPSA) is 51.8 Å². The number of furan rings is 1. The first-order valence-corrected chi connectivity index (χ1v) is 18.7. The van der Waals surface area contributed by atoms with Crippen molar-refractivity contribution in [3.05, 3.63) is 205 Å². The largest absolute Gasteiger partial charge is 0.456 e. The summed E-state index contributed by atoms with van der Waals surface area (Å²) in [5.74, 6) is 2.25. The molecule has 0 saturated carbocycles. The number of nitrogens with zero attached hydrogens (tertiary/aromatic N) is 3. The van der Waals surface area contributed by atoms with E-state index >= 15 is 0 Å². The van der Waals surface area contributed by atoms with Gasteiger partial charge in [-0.1, -0.05) is 176 Å². The van der Waals surface area contributed by atoms with Crippen LogP contribution >= 0.6 is 0 Å². The Hall–Kier alpha value is -7.17. The van der Waals surface area contributed by atoms with Crippen molar-refractivity contribution in [1.82, 2.24) is 15.0 Å². The molecule has 0 bridgehead atoms. The molecule has 1 atom stereocenters. The highest BCUT2D eigenvalue weighted by atomic mass is 16.3. The number of allylic oxidation sites excluding steroid dienone is 4. The summed E-state index contributed by atoms with van der Waals surface area (Å²) in [6, 6.07) is 61.1. The lowest BCUT2D eigenvalue weighted by Crippen LogP contribution is -2.01. The second-order valence-electron chi connectivity index (χ2n) is 14.0. The summed E-state index contributed by atoms with van der Waals surface area (Å²) in [6.07, 6.45) is 7.87. The normalized spacial score (nSPS) is 14.0. The molecule has 0 amide bonds. The Morgan fingerprint density at radius 2 is 0.982 bits per heavy atom. The van der Waals surface area contributed by atoms with E-state index in [0.29, 0.717) is 23.4 Å². The number of hydrogen-bond donors (Lipinski definition) is 0. The molecule has 0 fully saturated rings. The van der Waals surface area contributed by atoms with Gasteiger partial charge in [-0.2, -0.15) is 0 Å². The van der Waals surface area contributed by atoms with Gasteiger partial charge in [-0.15, -0.1) is 0 Å². The summed E-state index contributed by atoms with van der Waals surface area (Å²) in [5, 5.41) is 2.00. The van der Waals surface area contributed by atoms with Gasteiger partial charge in [0.2, 0.25) is 0 Å². The predicted molar refractivity (Wildman–Crippen MR) is 225 cm³/mol. The zero-order valence-corrected chi connectivity index (χ0v) is 30.0. The zero-order chi connectivity index (χ0) is 36.6. The van der Waals surface area contributed by atoms with Crippen molar-refractivity contribution >= 4 is 27.5 Å². The standard InChI is InChI=1S/C51H35N3O/c1-4-11-34(12-5-1)36-19-21-38(22-20-36)39-27-29-42(30-28-39)50-52-49(41-15-8-3-9-16-41)53-51(54-50)44-17-10-18-47-48(44)45-33-43(31-32-46(45)55-47)40-25-23-37(24-26-40)35-13-6-2-7-14-35/h1-19,21-33,36H,20H2. The molecule has 0 radical (unpaired) electrons. The van der Waals surface area contributed by atoms with Crippen LogP contribution in [0.2, 0.25) is 0 Å². The highest BCUT2D eigenvalue weighted by Crippen LogP contribution is 2.39. The molecule has 1 aliphatic rings. The SMILES string of the molecule is C1=CC(c2ccccc2)CC=C1c1ccc(-c2nc(-c3ccccc3)nc(-c3cccc4oc5ccc(-c6ccc(-c7ccccc7)cc6)cc5c34)n2)cc1. The van der Waals surface area contributed by atoms with Crippen molar-refractivity contribution in [2.45, 2.75) is 12.3 Å². The first-order valence-electron chi connectivity index (χ1n) is 18.7. The van der Waals surface area contributed by atoms with Crippen LogP contribution in [0.3, 0.4) is 0 Å². The minimum atomic E-state index is 0.402. The van der Waals surface area contributed by atoms with Crippen molar-refractivity contribution in [1.29, 1.82) is 0 Å². The average molecular weight is 706 g/mol. The molecule has 9 aromatic rings. The van der Waals surface area contributed by atoms with Crippen LogP contribution < -0.4 is 0 Å². The van der Waals surface area contributed by atoms with E-state index in [1.807, 2.05) is 48.5 Å². The fraction of sp³-hybridized carbons (Fsp3) is 0.0392. The third-order valence-corrected chi connectivity index (χ3v) is 10.5. The molecule has 4 nitrogen and oxygen atoms in total. The van der Waals surface area contributed by atoms with Gasteiger partial charge in [0.25, 0.3) is 0 Å². The van der Waals surface area contributed by atoms with Crippen LogP contribution in [0.25, 0.3) is 83.9 Å². The van der Waals surface area contributed by atoms with E-state index in [1.165, 1.54) is 27.8 Å². The Bertz CT molecular complexity index is 2860. The molecule has 1 aliphatic carbocycles. The summed E-state index contributed by atoms with van der Waals surface area (Å²) in [6.45, 7) is 0. The molecule has 0 spiro atoms. The minimum absolute atomic E-state index is 0.402. The molecule has 0 saturated heterocycles. The van der Waals surface area contributed by atoms with E-state index in [9.17, 15) is 0 Å². The van der Waals surface area contributed by atoms with Crippen molar-refractivity contribution in [3.8, 4) is 56.4 Å². The van der Waals surface area contributed by atoms with Crippen molar-refractivity contribution in [2.75, 3.05) is 0 Å². The number of hydrogen-bond acceptors (Lipinski definition) is 4. The molecule has 55 heavy (non-hydrogen) atoms. The molecular formula is C51H35N3O. The van der Waals surface area contributed by atoms with Gasteiger partial charge < -0.3 is 4.42 Å². The molecule has 10 rings (SSSR count). The van der Waals surface area contributed by atoms with Gasteiger partial charge in [-0.05, 0) is 63.6 Å². The second-order valence-corrected chi connectivity index (χ2v) is 14.0. The van der Waals surface area contributed by atoms with E-state index in [1.54, 1.807) is 0 Å². The van der Waals surface area contributed by atoms with Crippen molar-refractivity contribution < 1.29 is 4.42 Å². The number of aromatic nitrogens is 3. The third kappa shape index (κ3) is 6.34. The van der Waals surface area contributed by atoms with Gasteiger partial charge >= 0.3 is 0 Å². The van der Waals surface area contributed by atoms with Crippen LogP contribution in [-0.4, -0.2) is 15.0 Å². The Morgan fingerprint density at radius 3 is 1.65 bits per heavy atom. The average Bonchev–Trinajstić information content (AvgIpc) is 3.66. The first-order chi connectivity index (χ1) is 27.2. The maximum atomic E-state index is 6.43. The molecule has 0 aliphatic heterocycles. The van der Waals surface area contributed by atoms with Gasteiger partial charge in [0.15, 0.2) is 17.5 Å². The molecule has 260 valence electrons. The fourth-order valence-electron chi connectivity index (χ4n) is 7.61. The molecule has 7 aromatic carbocycles. The summed E-state index contributed by atoms with van der Waals surface area (Å²) in [7, 11) is 0. The highest BCUT2D eigenvalue weighted by molar-refractivity contribution is 6.12. The molecule has 1 unspecified atom stereocenters. The smallest absolute Gasteiger partial charge is 0.164 e. The van der Waals surface area contributed by atoms with Gasteiger partial charge in [-0.3, -0.25) is 0 Å². The first kappa shape index (κ1) is 32.5. The molecule has 4 heteroatoms. The Kier molecular flexibility index (Phi) is 8.27. The zero-order valence-electron chi connectivity index (χ0n) is 30.0. The lowest BCUT2D eigenvalue weighted by atomic mass is 9.88. The number of fused-ring (bicyclic) bond motifs is 3. The number of rotatable bonds is 7. The maximum absolute atomic E-state index is 6.43. The molecular weight excluding hydrogens is 671 g/mol. The summed E-state index contributed by atoms with van der Waals surface area (Å²) < 4.78 is 6.43. The lowest BCUT2D eigenvalue weighted by molar-refractivity contribution is 0.669. The molecule has 2 heterocycles. The minimum Gasteiger partial charge on any atom is -0.456 e. The quantitative estimate of drug-likeness (QED) is 0.166. The molecule has 2 aromatic heterocycles. The molecule has 0 N–H and O–H groups in total. The van der Waals surface area contributed by atoms with E-state index in [2.05, 4.69) is 146 Å². The third-order valence-electron chi connectivity index (χ3n) is 10.5. The summed E-state index contributed by atoms with van der Waals surface area (Å²) in [4.78, 5) is 15.3. The van der Waals surface area contributed by atoms with Gasteiger partial charge in [0, 0.05) is 33.4 Å². The van der Waals surface area contributed by atoms with E-state index in [0.717, 1.165) is 56.2 Å². The van der Waals surface area contributed by atoms with Crippen LogP contribution in [0.4, 0.5) is 0 Å². The number of benzene rings is 7. The summed E-state index contributed by atoms with van der Waals surface area (Å²) in [5.41, 5.74) is 12.8. The van der Waals surface area contributed by atoms with Crippen molar-refractivity contribution in [2.24, 2.45) is 0 Å². The highest BCUT2D eigenvalue weighted by Gasteiger charge is 2.19. The monoisotopic (exact) mass is 705 g/mol. The van der Waals surface area contributed by atoms with E-state index in [-0.39, 0.29) is 0 Å². The van der Waals surface area contributed by atoms with Crippen LogP contribution in [-0.2, 0) is 0 Å². The van der Waals surface area contributed by atoms with Crippen molar-refractivity contribution in [3.63, 3.8) is 0 Å². The van der Waals surface area contributed by atoms with Crippen LogP contribution in [0.15, 0.2) is 199 Å². The van der Waals surface area contributed by atoms with E-state index in [4.69, 9.17) is 19.4 Å². The predicted octanol–water partition coefficient (Wildman–Crippen LogP) is 13.2. The van der Waals surface area contributed by atoms with E-state index < -0.39 is 0 Å². The summed E-state index contributed by atoms with van der Waals surface area (Å²) >= 11 is 0. The van der Waals surface area contributed by atoms with Crippen LogP contribution in [0, 0.1) is 0 Å². The lowest BCUT2D eigenvalue weighted by Gasteiger charge is -2.17.